The number of hydrogen-bond acceptors (Lipinski definition) is 2. The molecule has 2 nitrogen and oxygen atoms in total. The van der Waals surface area contributed by atoms with E-state index in [0.29, 0.717) is 18.2 Å². The number of hydrogen-bond donors (Lipinski definition) is 1. The van der Waals surface area contributed by atoms with Gasteiger partial charge >= 0.3 is 0 Å². The van der Waals surface area contributed by atoms with E-state index in [9.17, 15) is 0 Å². The first-order valence-corrected chi connectivity index (χ1v) is 6.52. The van der Waals surface area contributed by atoms with Gasteiger partial charge in [0, 0.05) is 18.7 Å². The van der Waals surface area contributed by atoms with Crippen LogP contribution in [-0.4, -0.2) is 18.8 Å². The highest BCUT2D eigenvalue weighted by molar-refractivity contribution is 5.30. The molecular weight excluding hydrogens is 210 g/mol. The quantitative estimate of drug-likeness (QED) is 0.866. The molecule has 3 atom stereocenters. The van der Waals surface area contributed by atoms with Crippen LogP contribution in [0, 0.1) is 13.8 Å². The zero-order chi connectivity index (χ0) is 12.4. The summed E-state index contributed by atoms with van der Waals surface area (Å²) in [5.74, 6) is 0. The first kappa shape index (κ1) is 12.6. The van der Waals surface area contributed by atoms with Crippen LogP contribution in [0.15, 0.2) is 18.2 Å². The number of ether oxygens (including phenoxy) is 1. The second kappa shape index (κ2) is 5.19. The van der Waals surface area contributed by atoms with Crippen LogP contribution in [0.4, 0.5) is 0 Å². The van der Waals surface area contributed by atoms with Crippen molar-refractivity contribution in [1.82, 2.24) is 5.32 Å². The standard InChI is InChI=1S/C15H23NO/c1-10-7-11(2)9-14(8-10)12(3)16-15-5-6-17-13(15)4/h7-9,12-13,15-16H,5-6H2,1-4H3. The lowest BCUT2D eigenvalue weighted by atomic mass is 10.0. The topological polar surface area (TPSA) is 21.3 Å². The summed E-state index contributed by atoms with van der Waals surface area (Å²) in [5, 5.41) is 3.67. The van der Waals surface area contributed by atoms with Crippen molar-refractivity contribution in [3.8, 4) is 0 Å². The lowest BCUT2D eigenvalue weighted by Gasteiger charge is -2.22. The molecule has 0 saturated carbocycles. The molecule has 1 fully saturated rings. The Bertz CT molecular complexity index is 368. The van der Waals surface area contributed by atoms with E-state index in [1.54, 1.807) is 0 Å². The van der Waals surface area contributed by atoms with Crippen molar-refractivity contribution < 1.29 is 4.74 Å². The van der Waals surface area contributed by atoms with E-state index < -0.39 is 0 Å². The molecule has 1 N–H and O–H groups in total. The maximum atomic E-state index is 5.59. The SMILES string of the molecule is Cc1cc(C)cc(C(C)NC2CCOC2C)c1. The number of aryl methyl sites for hydroxylation is 2. The summed E-state index contributed by atoms with van der Waals surface area (Å²) < 4.78 is 5.59. The minimum Gasteiger partial charge on any atom is -0.377 e. The minimum atomic E-state index is 0.336. The molecule has 0 amide bonds. The monoisotopic (exact) mass is 233 g/mol. The lowest BCUT2D eigenvalue weighted by molar-refractivity contribution is 0.111. The van der Waals surface area contributed by atoms with E-state index in [0.717, 1.165) is 13.0 Å². The third kappa shape index (κ3) is 3.08. The van der Waals surface area contributed by atoms with Crippen molar-refractivity contribution in [1.29, 1.82) is 0 Å². The largest absolute Gasteiger partial charge is 0.377 e. The van der Waals surface area contributed by atoms with Crippen LogP contribution in [0.3, 0.4) is 0 Å². The molecule has 94 valence electrons. The van der Waals surface area contributed by atoms with Gasteiger partial charge in [0.1, 0.15) is 0 Å². The average Bonchev–Trinajstić information content (AvgIpc) is 2.63. The fraction of sp³-hybridized carbons (Fsp3) is 0.600. The molecule has 0 aliphatic carbocycles. The van der Waals surface area contributed by atoms with Crippen molar-refractivity contribution in [2.45, 2.75) is 52.3 Å². The summed E-state index contributed by atoms with van der Waals surface area (Å²) in [5.41, 5.74) is 4.05. The molecule has 1 aromatic rings. The Hall–Kier alpha value is -0.860. The highest BCUT2D eigenvalue weighted by atomic mass is 16.5. The second-order valence-corrected chi connectivity index (χ2v) is 5.28. The van der Waals surface area contributed by atoms with Gasteiger partial charge in [-0.05, 0) is 39.7 Å². The molecule has 1 heterocycles. The third-order valence-electron chi connectivity index (χ3n) is 3.58. The van der Waals surface area contributed by atoms with Crippen molar-refractivity contribution in [2.24, 2.45) is 0 Å². The number of rotatable bonds is 3. The third-order valence-corrected chi connectivity index (χ3v) is 3.58. The number of nitrogens with one attached hydrogen (secondary N) is 1. The van der Waals surface area contributed by atoms with Crippen LogP contribution in [-0.2, 0) is 4.74 Å². The Labute approximate surface area is 104 Å². The van der Waals surface area contributed by atoms with Crippen LogP contribution in [0.2, 0.25) is 0 Å². The predicted molar refractivity (Wildman–Crippen MR) is 71.3 cm³/mol. The van der Waals surface area contributed by atoms with Crippen molar-refractivity contribution in [3.05, 3.63) is 34.9 Å². The molecule has 1 saturated heterocycles. The molecule has 2 heteroatoms. The molecule has 0 radical (unpaired) electrons. The normalized spacial score (nSPS) is 26.1. The Morgan fingerprint density at radius 3 is 2.41 bits per heavy atom. The summed E-state index contributed by atoms with van der Waals surface area (Å²) in [6.07, 6.45) is 1.46. The molecule has 0 spiro atoms. The van der Waals surface area contributed by atoms with Gasteiger partial charge in [-0.25, -0.2) is 0 Å². The molecule has 3 unspecified atom stereocenters. The Morgan fingerprint density at radius 1 is 1.24 bits per heavy atom. The summed E-state index contributed by atoms with van der Waals surface area (Å²) in [4.78, 5) is 0. The maximum Gasteiger partial charge on any atom is 0.0700 e. The molecule has 0 bridgehead atoms. The Morgan fingerprint density at radius 2 is 1.88 bits per heavy atom. The lowest BCUT2D eigenvalue weighted by Crippen LogP contribution is -2.36. The molecule has 0 aromatic heterocycles. The van der Waals surface area contributed by atoms with Crippen molar-refractivity contribution in [2.75, 3.05) is 6.61 Å². The van der Waals surface area contributed by atoms with Crippen molar-refractivity contribution in [3.63, 3.8) is 0 Å². The highest BCUT2D eigenvalue weighted by Gasteiger charge is 2.25. The maximum absolute atomic E-state index is 5.59. The van der Waals surface area contributed by atoms with Crippen LogP contribution in [0.25, 0.3) is 0 Å². The van der Waals surface area contributed by atoms with E-state index in [4.69, 9.17) is 4.74 Å². The summed E-state index contributed by atoms with van der Waals surface area (Å²) in [7, 11) is 0. The van der Waals surface area contributed by atoms with Gasteiger partial charge in [0.2, 0.25) is 0 Å². The second-order valence-electron chi connectivity index (χ2n) is 5.28. The van der Waals surface area contributed by atoms with Gasteiger partial charge in [-0.1, -0.05) is 29.3 Å². The van der Waals surface area contributed by atoms with Gasteiger partial charge < -0.3 is 10.1 Å². The van der Waals surface area contributed by atoms with Crippen LogP contribution >= 0.6 is 0 Å². The van der Waals surface area contributed by atoms with E-state index in [2.05, 4.69) is 51.2 Å². The molecule has 2 rings (SSSR count). The highest BCUT2D eigenvalue weighted by Crippen LogP contribution is 2.21. The zero-order valence-corrected chi connectivity index (χ0v) is 11.3. The number of benzene rings is 1. The van der Waals surface area contributed by atoms with E-state index >= 15 is 0 Å². The molecule has 17 heavy (non-hydrogen) atoms. The fourth-order valence-corrected chi connectivity index (χ4v) is 2.63. The van der Waals surface area contributed by atoms with Gasteiger partial charge in [0.15, 0.2) is 0 Å². The zero-order valence-electron chi connectivity index (χ0n) is 11.3. The first-order valence-electron chi connectivity index (χ1n) is 6.52. The van der Waals surface area contributed by atoms with Gasteiger partial charge in [-0.2, -0.15) is 0 Å². The first-order chi connectivity index (χ1) is 8.06. The molecule has 1 aliphatic heterocycles. The summed E-state index contributed by atoms with van der Waals surface area (Å²) in [6.45, 7) is 9.59. The van der Waals surface area contributed by atoms with Gasteiger partial charge in [-0.3, -0.25) is 0 Å². The molecule has 1 aliphatic rings. The smallest absolute Gasteiger partial charge is 0.0700 e. The van der Waals surface area contributed by atoms with Crippen LogP contribution in [0.1, 0.15) is 43.0 Å². The Kier molecular flexibility index (Phi) is 3.85. The van der Waals surface area contributed by atoms with Gasteiger partial charge in [-0.15, -0.1) is 0 Å². The van der Waals surface area contributed by atoms with E-state index in [-0.39, 0.29) is 0 Å². The van der Waals surface area contributed by atoms with Crippen molar-refractivity contribution >= 4 is 0 Å². The summed E-state index contributed by atoms with van der Waals surface area (Å²) in [6, 6.07) is 7.64. The predicted octanol–water partition coefficient (Wildman–Crippen LogP) is 3.13. The fourth-order valence-electron chi connectivity index (χ4n) is 2.63. The summed E-state index contributed by atoms with van der Waals surface area (Å²) >= 11 is 0. The van der Waals surface area contributed by atoms with Gasteiger partial charge in [0.25, 0.3) is 0 Å². The van der Waals surface area contributed by atoms with E-state index in [1.165, 1.54) is 16.7 Å². The Balaban J connectivity index is 2.06. The molecule has 1 aromatic carbocycles. The van der Waals surface area contributed by atoms with Crippen LogP contribution < -0.4 is 5.32 Å². The van der Waals surface area contributed by atoms with E-state index in [1.807, 2.05) is 0 Å². The minimum absolute atomic E-state index is 0.336. The average molecular weight is 233 g/mol. The van der Waals surface area contributed by atoms with Crippen LogP contribution in [0.5, 0.6) is 0 Å². The van der Waals surface area contributed by atoms with Gasteiger partial charge in [0.05, 0.1) is 6.10 Å². The molecular formula is C15H23NO.